The fourth-order valence-electron chi connectivity index (χ4n) is 2.99. The summed E-state index contributed by atoms with van der Waals surface area (Å²) in [6.45, 7) is -0.0507. The van der Waals surface area contributed by atoms with Crippen molar-refractivity contribution in [3.63, 3.8) is 0 Å². The van der Waals surface area contributed by atoms with Gasteiger partial charge in [0.15, 0.2) is 5.76 Å². The number of amides is 1. The van der Waals surface area contributed by atoms with Gasteiger partial charge in [0.2, 0.25) is 5.91 Å². The number of carbonyl (C=O) groups excluding carboxylic acids is 1. The van der Waals surface area contributed by atoms with Gasteiger partial charge in [0.1, 0.15) is 18.1 Å². The fraction of sp³-hybridized carbons (Fsp3) is 0.136. The van der Waals surface area contributed by atoms with Gasteiger partial charge in [0.25, 0.3) is 11.1 Å². The molecule has 0 spiro atoms. The van der Waals surface area contributed by atoms with E-state index in [4.69, 9.17) is 4.42 Å². The first-order valence-corrected chi connectivity index (χ1v) is 9.72. The van der Waals surface area contributed by atoms with Crippen LogP contribution >= 0.6 is 0 Å². The van der Waals surface area contributed by atoms with Crippen LogP contribution in [-0.2, 0) is 17.9 Å². The van der Waals surface area contributed by atoms with E-state index in [-0.39, 0.29) is 31.0 Å². The van der Waals surface area contributed by atoms with Crippen molar-refractivity contribution in [1.82, 2.24) is 24.9 Å². The summed E-state index contributed by atoms with van der Waals surface area (Å²) in [6.07, 6.45) is 1.49. The van der Waals surface area contributed by atoms with Gasteiger partial charge in [-0.2, -0.15) is 10.2 Å². The molecule has 1 aromatic carbocycles. The largest absolute Gasteiger partial charge is 0.463 e. The first-order chi connectivity index (χ1) is 15.5. The van der Waals surface area contributed by atoms with Gasteiger partial charge in [0.05, 0.1) is 18.5 Å². The van der Waals surface area contributed by atoms with Crippen molar-refractivity contribution in [2.45, 2.75) is 13.1 Å². The maximum absolute atomic E-state index is 13.1. The number of halogens is 1. The van der Waals surface area contributed by atoms with Crippen LogP contribution in [0.25, 0.3) is 22.7 Å². The zero-order chi connectivity index (χ0) is 22.5. The van der Waals surface area contributed by atoms with E-state index in [0.29, 0.717) is 22.7 Å². The second kappa shape index (κ2) is 9.21. The van der Waals surface area contributed by atoms with Gasteiger partial charge in [-0.05, 0) is 48.5 Å². The van der Waals surface area contributed by atoms with Crippen LogP contribution in [0.4, 0.5) is 4.39 Å². The van der Waals surface area contributed by atoms with Crippen molar-refractivity contribution in [2.24, 2.45) is 0 Å². The molecule has 1 amide bonds. The smallest absolute Gasteiger partial charge is 0.267 e. The van der Waals surface area contributed by atoms with E-state index in [1.165, 1.54) is 41.3 Å². The predicted octanol–water partition coefficient (Wildman–Crippen LogP) is 1.68. The van der Waals surface area contributed by atoms with Gasteiger partial charge >= 0.3 is 0 Å². The van der Waals surface area contributed by atoms with Crippen LogP contribution in [0.3, 0.4) is 0 Å². The molecule has 10 heteroatoms. The Hall–Kier alpha value is -4.34. The van der Waals surface area contributed by atoms with Crippen LogP contribution in [0.15, 0.2) is 80.9 Å². The van der Waals surface area contributed by atoms with Gasteiger partial charge in [0, 0.05) is 24.2 Å². The summed E-state index contributed by atoms with van der Waals surface area (Å²) < 4.78 is 20.6. The Bertz CT molecular complexity index is 1340. The normalized spacial score (nSPS) is 10.8. The highest BCUT2D eigenvalue weighted by Crippen LogP contribution is 2.16. The highest BCUT2D eigenvalue weighted by molar-refractivity contribution is 5.75. The van der Waals surface area contributed by atoms with Gasteiger partial charge < -0.3 is 9.73 Å². The zero-order valence-corrected chi connectivity index (χ0v) is 16.8. The molecule has 0 saturated heterocycles. The molecule has 0 bridgehead atoms. The van der Waals surface area contributed by atoms with E-state index >= 15 is 0 Å². The van der Waals surface area contributed by atoms with Crippen molar-refractivity contribution in [3.05, 3.63) is 93.5 Å². The van der Waals surface area contributed by atoms with Crippen molar-refractivity contribution in [2.75, 3.05) is 6.54 Å². The monoisotopic (exact) mass is 435 g/mol. The van der Waals surface area contributed by atoms with E-state index in [2.05, 4.69) is 15.5 Å². The average molecular weight is 435 g/mol. The minimum atomic E-state index is -0.445. The molecular weight excluding hydrogens is 417 g/mol. The van der Waals surface area contributed by atoms with Crippen molar-refractivity contribution < 1.29 is 13.6 Å². The standard InChI is InChI=1S/C22H18FN5O4/c23-16-5-3-15(4-6-16)17-7-9-21(30)27(25-17)12-11-24-20(29)14-28-22(31)10-8-18(26-28)19-2-1-13-32-19/h1-10,13H,11-12,14H2,(H,24,29). The van der Waals surface area contributed by atoms with E-state index in [1.54, 1.807) is 30.3 Å². The molecule has 0 aliphatic rings. The van der Waals surface area contributed by atoms with Crippen molar-refractivity contribution in [3.8, 4) is 22.7 Å². The molecule has 3 heterocycles. The zero-order valence-electron chi connectivity index (χ0n) is 16.8. The summed E-state index contributed by atoms with van der Waals surface area (Å²) in [6, 6.07) is 14.9. The van der Waals surface area contributed by atoms with Crippen LogP contribution < -0.4 is 16.4 Å². The van der Waals surface area contributed by atoms with Crippen LogP contribution in [0.2, 0.25) is 0 Å². The quantitative estimate of drug-likeness (QED) is 0.473. The maximum Gasteiger partial charge on any atom is 0.267 e. The first kappa shape index (κ1) is 20.9. The Morgan fingerprint density at radius 1 is 0.906 bits per heavy atom. The van der Waals surface area contributed by atoms with Gasteiger partial charge in [-0.1, -0.05) is 0 Å². The molecule has 3 aromatic heterocycles. The third kappa shape index (κ3) is 4.86. The minimum absolute atomic E-state index is 0.116. The van der Waals surface area contributed by atoms with Gasteiger partial charge in [-0.25, -0.2) is 13.8 Å². The van der Waals surface area contributed by atoms with Crippen LogP contribution in [0.5, 0.6) is 0 Å². The second-order valence-corrected chi connectivity index (χ2v) is 6.83. The number of hydrogen-bond acceptors (Lipinski definition) is 6. The van der Waals surface area contributed by atoms with Gasteiger partial charge in [-0.15, -0.1) is 0 Å². The molecule has 0 atom stereocenters. The van der Waals surface area contributed by atoms with Crippen molar-refractivity contribution in [1.29, 1.82) is 0 Å². The summed E-state index contributed by atoms with van der Waals surface area (Å²) in [5.41, 5.74) is 0.817. The topological polar surface area (TPSA) is 112 Å². The highest BCUT2D eigenvalue weighted by atomic mass is 19.1. The van der Waals surface area contributed by atoms with Crippen LogP contribution in [0, 0.1) is 5.82 Å². The van der Waals surface area contributed by atoms with E-state index in [9.17, 15) is 18.8 Å². The number of rotatable bonds is 7. The Labute approximate surface area is 180 Å². The highest BCUT2D eigenvalue weighted by Gasteiger charge is 2.10. The average Bonchev–Trinajstić information content (AvgIpc) is 3.32. The number of benzene rings is 1. The molecular formula is C22H18FN5O4. The predicted molar refractivity (Wildman–Crippen MR) is 113 cm³/mol. The third-order valence-corrected chi connectivity index (χ3v) is 4.59. The molecule has 0 saturated carbocycles. The maximum atomic E-state index is 13.1. The lowest BCUT2D eigenvalue weighted by Crippen LogP contribution is -2.36. The number of hydrogen-bond donors (Lipinski definition) is 1. The third-order valence-electron chi connectivity index (χ3n) is 4.59. The van der Waals surface area contributed by atoms with Gasteiger partial charge in [-0.3, -0.25) is 14.4 Å². The molecule has 0 aliphatic heterocycles. The number of aromatic nitrogens is 4. The molecule has 0 fully saturated rings. The lowest BCUT2D eigenvalue weighted by Gasteiger charge is -2.09. The number of nitrogens with zero attached hydrogens (tertiary/aromatic N) is 4. The Kier molecular flexibility index (Phi) is 6.02. The fourth-order valence-corrected chi connectivity index (χ4v) is 2.99. The number of nitrogens with one attached hydrogen (secondary N) is 1. The summed E-state index contributed by atoms with van der Waals surface area (Å²) >= 11 is 0. The molecule has 9 nitrogen and oxygen atoms in total. The van der Waals surface area contributed by atoms with Crippen molar-refractivity contribution >= 4 is 5.91 Å². The molecule has 0 unspecified atom stereocenters. The van der Waals surface area contributed by atoms with E-state index in [1.807, 2.05) is 0 Å². The lowest BCUT2D eigenvalue weighted by molar-refractivity contribution is -0.121. The summed E-state index contributed by atoms with van der Waals surface area (Å²) in [7, 11) is 0. The summed E-state index contributed by atoms with van der Waals surface area (Å²) in [4.78, 5) is 36.4. The molecule has 0 aliphatic carbocycles. The molecule has 0 radical (unpaired) electrons. The van der Waals surface area contributed by atoms with E-state index in [0.717, 1.165) is 4.68 Å². The molecule has 32 heavy (non-hydrogen) atoms. The van der Waals surface area contributed by atoms with Crippen LogP contribution in [-0.4, -0.2) is 32.0 Å². The molecule has 4 rings (SSSR count). The minimum Gasteiger partial charge on any atom is -0.463 e. The number of carbonyl (C=O) groups is 1. The van der Waals surface area contributed by atoms with E-state index < -0.39 is 11.5 Å². The first-order valence-electron chi connectivity index (χ1n) is 9.72. The molecule has 1 N–H and O–H groups in total. The van der Waals surface area contributed by atoms with Crippen LogP contribution in [0.1, 0.15) is 0 Å². The Balaban J connectivity index is 1.39. The summed E-state index contributed by atoms with van der Waals surface area (Å²) in [5.74, 6) is -0.336. The molecule has 162 valence electrons. The Morgan fingerprint density at radius 3 is 2.31 bits per heavy atom. The SMILES string of the molecule is O=C(Cn1nc(-c2ccco2)ccc1=O)NCCn1nc(-c2ccc(F)cc2)ccc1=O. The summed E-state index contributed by atoms with van der Waals surface area (Å²) in [5, 5.41) is 11.0. The lowest BCUT2D eigenvalue weighted by atomic mass is 10.1. The second-order valence-electron chi connectivity index (χ2n) is 6.83. The number of furan rings is 1. The Morgan fingerprint density at radius 2 is 1.59 bits per heavy atom. The molecule has 4 aromatic rings.